The molecule has 4 N–H and O–H groups in total. The first-order valence-corrected chi connectivity index (χ1v) is 7.81. The molecular weight excluding hydrogens is 288 g/mol. The van der Waals surface area contributed by atoms with Crippen LogP contribution in [-0.4, -0.2) is 27.1 Å². The van der Waals surface area contributed by atoms with Crippen LogP contribution >= 0.6 is 0 Å². The van der Waals surface area contributed by atoms with Gasteiger partial charge in [0.2, 0.25) is 5.95 Å². The summed E-state index contributed by atoms with van der Waals surface area (Å²) < 4.78 is 2.10. The Labute approximate surface area is 135 Å². The van der Waals surface area contributed by atoms with Crippen LogP contribution in [-0.2, 0) is 7.05 Å². The number of anilines is 3. The summed E-state index contributed by atoms with van der Waals surface area (Å²) in [5.41, 5.74) is 8.11. The molecule has 0 spiro atoms. The van der Waals surface area contributed by atoms with Crippen molar-refractivity contribution in [2.75, 3.05) is 17.2 Å². The number of hydrogen-bond acceptors (Lipinski definition) is 5. The monoisotopic (exact) mass is 310 g/mol. The van der Waals surface area contributed by atoms with Crippen molar-refractivity contribution in [2.45, 2.75) is 19.4 Å². The first-order chi connectivity index (χ1) is 11.2. The molecule has 23 heavy (non-hydrogen) atoms. The predicted molar refractivity (Wildman–Crippen MR) is 95.0 cm³/mol. The standard InChI is InChI=1S/C17H22N6/c1-3-12(18)11-20-17-19-9-7-16(22-17)21-14-5-4-6-15-13(14)8-10-23(15)2/h4-10,12H,3,11,18H2,1-2H3,(H2,19,20,21,22)/t12-/m0/s1. The summed E-state index contributed by atoms with van der Waals surface area (Å²) in [4.78, 5) is 8.72. The van der Waals surface area contributed by atoms with E-state index in [0.29, 0.717) is 12.5 Å². The van der Waals surface area contributed by atoms with Gasteiger partial charge < -0.3 is 20.9 Å². The smallest absolute Gasteiger partial charge is 0.224 e. The number of fused-ring (bicyclic) bond motifs is 1. The molecule has 3 aromatic rings. The largest absolute Gasteiger partial charge is 0.353 e. The van der Waals surface area contributed by atoms with E-state index in [0.717, 1.165) is 23.3 Å². The molecule has 0 bridgehead atoms. The fourth-order valence-corrected chi connectivity index (χ4v) is 2.43. The number of benzene rings is 1. The molecule has 120 valence electrons. The number of nitrogens with zero attached hydrogens (tertiary/aromatic N) is 3. The van der Waals surface area contributed by atoms with Crippen molar-refractivity contribution in [3.05, 3.63) is 42.7 Å². The fourth-order valence-electron chi connectivity index (χ4n) is 2.43. The number of nitrogens with one attached hydrogen (secondary N) is 2. The summed E-state index contributed by atoms with van der Waals surface area (Å²) in [5.74, 6) is 1.34. The molecular formula is C17H22N6. The van der Waals surface area contributed by atoms with Crippen molar-refractivity contribution >= 4 is 28.4 Å². The highest BCUT2D eigenvalue weighted by Crippen LogP contribution is 2.26. The minimum atomic E-state index is 0.105. The Morgan fingerprint density at radius 3 is 2.96 bits per heavy atom. The predicted octanol–water partition coefficient (Wildman–Crippen LogP) is 2.86. The Kier molecular flexibility index (Phi) is 4.43. The van der Waals surface area contributed by atoms with Gasteiger partial charge in [0.1, 0.15) is 5.82 Å². The van der Waals surface area contributed by atoms with Crippen LogP contribution < -0.4 is 16.4 Å². The minimum absolute atomic E-state index is 0.105. The van der Waals surface area contributed by atoms with Crippen molar-refractivity contribution in [3.63, 3.8) is 0 Å². The van der Waals surface area contributed by atoms with Gasteiger partial charge in [-0.25, -0.2) is 4.98 Å². The van der Waals surface area contributed by atoms with Crippen LogP contribution in [0.3, 0.4) is 0 Å². The Balaban J connectivity index is 1.79. The van der Waals surface area contributed by atoms with Crippen LogP contribution in [0.1, 0.15) is 13.3 Å². The Hall–Kier alpha value is -2.60. The first kappa shape index (κ1) is 15.3. The zero-order valence-corrected chi connectivity index (χ0v) is 13.5. The molecule has 0 saturated carbocycles. The molecule has 6 heteroatoms. The maximum atomic E-state index is 5.91. The summed E-state index contributed by atoms with van der Waals surface area (Å²) in [6, 6.07) is 10.2. The van der Waals surface area contributed by atoms with Crippen molar-refractivity contribution in [3.8, 4) is 0 Å². The fraction of sp³-hybridized carbons (Fsp3) is 0.294. The number of nitrogens with two attached hydrogens (primary N) is 1. The van der Waals surface area contributed by atoms with Gasteiger partial charge in [0, 0.05) is 48.6 Å². The number of hydrogen-bond donors (Lipinski definition) is 3. The molecule has 1 atom stereocenters. The summed E-state index contributed by atoms with van der Waals surface area (Å²) >= 11 is 0. The molecule has 0 saturated heterocycles. The Morgan fingerprint density at radius 1 is 1.26 bits per heavy atom. The molecule has 0 amide bonds. The number of aromatic nitrogens is 3. The van der Waals surface area contributed by atoms with Gasteiger partial charge in [0.25, 0.3) is 0 Å². The van der Waals surface area contributed by atoms with Gasteiger partial charge in [0.05, 0.1) is 0 Å². The summed E-state index contributed by atoms with van der Waals surface area (Å²) in [7, 11) is 2.04. The quantitative estimate of drug-likeness (QED) is 0.652. The average molecular weight is 310 g/mol. The second-order valence-corrected chi connectivity index (χ2v) is 5.60. The lowest BCUT2D eigenvalue weighted by atomic mass is 10.2. The van der Waals surface area contributed by atoms with E-state index >= 15 is 0 Å². The first-order valence-electron chi connectivity index (χ1n) is 7.81. The van der Waals surface area contributed by atoms with Gasteiger partial charge >= 0.3 is 0 Å². The maximum absolute atomic E-state index is 5.91. The van der Waals surface area contributed by atoms with E-state index < -0.39 is 0 Å². The third-order valence-corrected chi connectivity index (χ3v) is 3.89. The molecule has 3 rings (SSSR count). The molecule has 0 fully saturated rings. The highest BCUT2D eigenvalue weighted by Gasteiger charge is 2.06. The second kappa shape index (κ2) is 6.66. The van der Waals surface area contributed by atoms with E-state index in [1.165, 1.54) is 5.52 Å². The van der Waals surface area contributed by atoms with Crippen LogP contribution in [0.2, 0.25) is 0 Å². The van der Waals surface area contributed by atoms with E-state index in [1.807, 2.05) is 25.2 Å². The number of aryl methyl sites for hydroxylation is 1. The highest BCUT2D eigenvalue weighted by molar-refractivity contribution is 5.93. The molecule has 0 radical (unpaired) electrons. The molecule has 0 aliphatic carbocycles. The van der Waals surface area contributed by atoms with Gasteiger partial charge in [-0.05, 0) is 30.7 Å². The van der Waals surface area contributed by atoms with Gasteiger partial charge in [0.15, 0.2) is 0 Å². The molecule has 0 unspecified atom stereocenters. The third-order valence-electron chi connectivity index (χ3n) is 3.89. The van der Waals surface area contributed by atoms with Gasteiger partial charge in [-0.2, -0.15) is 4.98 Å². The Morgan fingerprint density at radius 2 is 2.13 bits per heavy atom. The van der Waals surface area contributed by atoms with Crippen LogP contribution in [0.15, 0.2) is 42.7 Å². The third kappa shape index (κ3) is 3.43. The lowest BCUT2D eigenvalue weighted by Gasteiger charge is -2.12. The van der Waals surface area contributed by atoms with E-state index in [9.17, 15) is 0 Å². The number of rotatable bonds is 6. The van der Waals surface area contributed by atoms with Gasteiger partial charge in [-0.1, -0.05) is 13.0 Å². The summed E-state index contributed by atoms with van der Waals surface area (Å²) in [6.45, 7) is 2.72. The van der Waals surface area contributed by atoms with Gasteiger partial charge in [-0.15, -0.1) is 0 Å². The van der Waals surface area contributed by atoms with Crippen LogP contribution in [0.5, 0.6) is 0 Å². The van der Waals surface area contributed by atoms with E-state index in [4.69, 9.17) is 5.73 Å². The zero-order chi connectivity index (χ0) is 16.2. The molecule has 0 aliphatic rings. The topological polar surface area (TPSA) is 80.8 Å². The molecule has 0 aliphatic heterocycles. The SMILES string of the molecule is CC[C@H](N)CNc1nccc(Nc2cccc3c2ccn3C)n1. The lowest BCUT2D eigenvalue weighted by molar-refractivity contribution is 0.676. The van der Waals surface area contributed by atoms with Crippen molar-refractivity contribution in [2.24, 2.45) is 12.8 Å². The van der Waals surface area contributed by atoms with Gasteiger partial charge in [-0.3, -0.25) is 0 Å². The van der Waals surface area contributed by atoms with E-state index in [1.54, 1.807) is 6.20 Å². The van der Waals surface area contributed by atoms with Crippen molar-refractivity contribution in [1.82, 2.24) is 14.5 Å². The highest BCUT2D eigenvalue weighted by atomic mass is 15.1. The van der Waals surface area contributed by atoms with E-state index in [2.05, 4.69) is 50.4 Å². The molecule has 2 aromatic heterocycles. The molecule has 2 heterocycles. The zero-order valence-electron chi connectivity index (χ0n) is 13.5. The average Bonchev–Trinajstić information content (AvgIpc) is 2.95. The Bertz CT molecular complexity index is 795. The summed E-state index contributed by atoms with van der Waals surface area (Å²) in [6.07, 6.45) is 4.70. The maximum Gasteiger partial charge on any atom is 0.224 e. The minimum Gasteiger partial charge on any atom is -0.353 e. The molecule has 6 nitrogen and oxygen atoms in total. The van der Waals surface area contributed by atoms with Crippen molar-refractivity contribution < 1.29 is 0 Å². The summed E-state index contributed by atoms with van der Waals surface area (Å²) in [5, 5.41) is 7.70. The molecule has 1 aromatic carbocycles. The lowest BCUT2D eigenvalue weighted by Crippen LogP contribution is -2.28. The van der Waals surface area contributed by atoms with Crippen LogP contribution in [0.25, 0.3) is 10.9 Å². The van der Waals surface area contributed by atoms with Crippen LogP contribution in [0, 0.1) is 0 Å². The second-order valence-electron chi connectivity index (χ2n) is 5.60. The van der Waals surface area contributed by atoms with E-state index in [-0.39, 0.29) is 6.04 Å². The van der Waals surface area contributed by atoms with Crippen molar-refractivity contribution in [1.29, 1.82) is 0 Å². The normalized spacial score (nSPS) is 12.3. The van der Waals surface area contributed by atoms with Crippen LogP contribution in [0.4, 0.5) is 17.5 Å².